The van der Waals surface area contributed by atoms with Crippen LogP contribution < -0.4 is 5.32 Å². The fraction of sp³-hybridized carbons (Fsp3) is 0.385. The number of nitrogens with one attached hydrogen (secondary N) is 1. The number of carboxylic acid groups (broad SMARTS) is 1. The third kappa shape index (κ3) is 4.59. The maximum atomic E-state index is 11.7. The number of hydrogen-bond donors (Lipinski definition) is 3. The highest BCUT2D eigenvalue weighted by Crippen LogP contribution is 2.06. The molecule has 0 aliphatic carbocycles. The normalized spacial score (nSPS) is 11.7. The molecule has 1 atom stereocenters. The first-order valence-corrected chi connectivity index (χ1v) is 5.85. The van der Waals surface area contributed by atoms with E-state index in [4.69, 9.17) is 10.2 Å². The van der Waals surface area contributed by atoms with E-state index in [1.165, 1.54) is 4.90 Å². The number of hydrogen-bond acceptors (Lipinski definition) is 3. The summed E-state index contributed by atoms with van der Waals surface area (Å²) >= 11 is 0. The van der Waals surface area contributed by atoms with Gasteiger partial charge in [-0.15, -0.1) is 0 Å². The number of aliphatic carboxylic acids is 1. The molecule has 0 bridgehead atoms. The average molecular weight is 266 g/mol. The van der Waals surface area contributed by atoms with Crippen molar-refractivity contribution in [3.63, 3.8) is 0 Å². The van der Waals surface area contributed by atoms with E-state index in [1.807, 2.05) is 31.2 Å². The van der Waals surface area contributed by atoms with Gasteiger partial charge in [0.05, 0.1) is 6.61 Å². The zero-order chi connectivity index (χ0) is 14.4. The Labute approximate surface area is 111 Å². The van der Waals surface area contributed by atoms with Gasteiger partial charge in [0.25, 0.3) is 0 Å². The molecule has 3 N–H and O–H groups in total. The van der Waals surface area contributed by atoms with Crippen molar-refractivity contribution in [1.82, 2.24) is 10.2 Å². The number of amides is 2. The molecule has 0 aliphatic heterocycles. The highest BCUT2D eigenvalue weighted by Gasteiger charge is 2.20. The van der Waals surface area contributed by atoms with Crippen molar-refractivity contribution < 1.29 is 19.8 Å². The summed E-state index contributed by atoms with van der Waals surface area (Å²) in [4.78, 5) is 23.8. The van der Waals surface area contributed by atoms with Crippen LogP contribution in [0.4, 0.5) is 4.79 Å². The van der Waals surface area contributed by atoms with Gasteiger partial charge < -0.3 is 20.4 Å². The van der Waals surface area contributed by atoms with Crippen molar-refractivity contribution in [3.8, 4) is 0 Å². The van der Waals surface area contributed by atoms with E-state index in [9.17, 15) is 9.59 Å². The van der Waals surface area contributed by atoms with E-state index in [0.717, 1.165) is 11.1 Å². The first kappa shape index (κ1) is 15.0. The Hall–Kier alpha value is -2.08. The summed E-state index contributed by atoms with van der Waals surface area (Å²) in [5, 5.41) is 19.8. The minimum atomic E-state index is -1.28. The summed E-state index contributed by atoms with van der Waals surface area (Å²) in [7, 11) is 1.56. The SMILES string of the molecule is Cc1cccc(CN(C)C(=O)NC(CO)C(=O)O)c1. The molecule has 0 saturated carbocycles. The maximum absolute atomic E-state index is 11.7. The minimum Gasteiger partial charge on any atom is -0.480 e. The Morgan fingerprint density at radius 1 is 1.42 bits per heavy atom. The summed E-state index contributed by atoms with van der Waals surface area (Å²) < 4.78 is 0. The molecule has 0 radical (unpaired) electrons. The number of nitrogens with zero attached hydrogens (tertiary/aromatic N) is 1. The molecule has 0 spiro atoms. The molecular weight excluding hydrogens is 248 g/mol. The van der Waals surface area contributed by atoms with Gasteiger partial charge in [0.1, 0.15) is 0 Å². The number of aryl methyl sites for hydroxylation is 1. The molecule has 1 aromatic carbocycles. The molecule has 19 heavy (non-hydrogen) atoms. The molecule has 0 aliphatic rings. The van der Waals surface area contributed by atoms with Crippen molar-refractivity contribution in [2.45, 2.75) is 19.5 Å². The minimum absolute atomic E-state index is 0.366. The summed E-state index contributed by atoms with van der Waals surface area (Å²) in [5.74, 6) is -1.26. The molecule has 0 saturated heterocycles. The van der Waals surface area contributed by atoms with Crippen LogP contribution in [-0.2, 0) is 11.3 Å². The predicted molar refractivity (Wildman–Crippen MR) is 69.7 cm³/mol. The molecule has 1 unspecified atom stereocenters. The summed E-state index contributed by atoms with van der Waals surface area (Å²) in [6.45, 7) is 1.68. The molecule has 6 heteroatoms. The highest BCUT2D eigenvalue weighted by atomic mass is 16.4. The monoisotopic (exact) mass is 266 g/mol. The van der Waals surface area contributed by atoms with Crippen molar-refractivity contribution >= 4 is 12.0 Å². The van der Waals surface area contributed by atoms with Crippen molar-refractivity contribution in [1.29, 1.82) is 0 Å². The Morgan fingerprint density at radius 3 is 2.63 bits per heavy atom. The van der Waals surface area contributed by atoms with Crippen LogP contribution in [0.1, 0.15) is 11.1 Å². The Balaban J connectivity index is 2.60. The first-order valence-electron chi connectivity index (χ1n) is 5.85. The number of rotatable bonds is 5. The lowest BCUT2D eigenvalue weighted by Crippen LogP contribution is -2.48. The summed E-state index contributed by atoms with van der Waals surface area (Å²) in [6, 6.07) is 5.86. The first-order chi connectivity index (χ1) is 8.93. The number of urea groups is 1. The van der Waals surface area contributed by atoms with Crippen LogP contribution in [0.3, 0.4) is 0 Å². The molecule has 1 rings (SSSR count). The lowest BCUT2D eigenvalue weighted by molar-refractivity contribution is -0.140. The van der Waals surface area contributed by atoms with Gasteiger partial charge in [0.15, 0.2) is 6.04 Å². The molecule has 104 valence electrons. The zero-order valence-electron chi connectivity index (χ0n) is 11.0. The van der Waals surface area contributed by atoms with Crippen LogP contribution >= 0.6 is 0 Å². The Morgan fingerprint density at radius 2 is 2.11 bits per heavy atom. The topological polar surface area (TPSA) is 89.9 Å². The standard InChI is InChI=1S/C13H18N2O4/c1-9-4-3-5-10(6-9)7-15(2)13(19)14-11(8-16)12(17)18/h3-6,11,16H,7-8H2,1-2H3,(H,14,19)(H,17,18). The fourth-order valence-electron chi connectivity index (χ4n) is 1.60. The number of carboxylic acids is 1. The second-order valence-electron chi connectivity index (χ2n) is 4.37. The van der Waals surface area contributed by atoms with Crippen LogP contribution in [-0.4, -0.2) is 46.8 Å². The molecule has 6 nitrogen and oxygen atoms in total. The van der Waals surface area contributed by atoms with Crippen molar-refractivity contribution in [2.24, 2.45) is 0 Å². The highest BCUT2D eigenvalue weighted by molar-refractivity contribution is 5.82. The smallest absolute Gasteiger partial charge is 0.328 e. The third-order valence-corrected chi connectivity index (χ3v) is 2.63. The average Bonchev–Trinajstić information content (AvgIpc) is 2.35. The predicted octanol–water partition coefficient (Wildman–Crippen LogP) is 0.582. The number of benzene rings is 1. The van der Waals surface area contributed by atoms with Gasteiger partial charge in [0, 0.05) is 13.6 Å². The molecule has 0 heterocycles. The van der Waals surface area contributed by atoms with Crippen molar-refractivity contribution in [3.05, 3.63) is 35.4 Å². The van der Waals surface area contributed by atoms with Crippen LogP contribution in [0.5, 0.6) is 0 Å². The van der Waals surface area contributed by atoms with Crippen LogP contribution in [0.25, 0.3) is 0 Å². The summed E-state index contributed by atoms with van der Waals surface area (Å²) in [6.07, 6.45) is 0. The lowest BCUT2D eigenvalue weighted by atomic mass is 10.1. The van der Waals surface area contributed by atoms with E-state index >= 15 is 0 Å². The Kier molecular flexibility index (Phi) is 5.32. The van der Waals surface area contributed by atoms with Gasteiger partial charge in [-0.25, -0.2) is 9.59 Å². The maximum Gasteiger partial charge on any atom is 0.328 e. The second kappa shape index (κ2) is 6.75. The number of aliphatic hydroxyl groups is 1. The summed E-state index contributed by atoms with van der Waals surface area (Å²) in [5.41, 5.74) is 2.04. The molecule has 0 fully saturated rings. The van der Waals surface area contributed by atoms with E-state index in [0.29, 0.717) is 6.54 Å². The van der Waals surface area contributed by atoms with E-state index in [1.54, 1.807) is 7.05 Å². The molecular formula is C13H18N2O4. The quantitative estimate of drug-likeness (QED) is 0.727. The van der Waals surface area contributed by atoms with E-state index < -0.39 is 24.6 Å². The lowest BCUT2D eigenvalue weighted by Gasteiger charge is -2.20. The Bertz CT molecular complexity index is 462. The number of carbonyl (C=O) groups is 2. The number of aliphatic hydroxyl groups excluding tert-OH is 1. The van der Waals surface area contributed by atoms with Crippen LogP contribution in [0.15, 0.2) is 24.3 Å². The van der Waals surface area contributed by atoms with Gasteiger partial charge in [-0.3, -0.25) is 0 Å². The van der Waals surface area contributed by atoms with Gasteiger partial charge in [-0.2, -0.15) is 0 Å². The molecule has 2 amide bonds. The largest absolute Gasteiger partial charge is 0.480 e. The third-order valence-electron chi connectivity index (χ3n) is 2.63. The van der Waals surface area contributed by atoms with Crippen LogP contribution in [0.2, 0.25) is 0 Å². The van der Waals surface area contributed by atoms with E-state index in [2.05, 4.69) is 5.32 Å². The second-order valence-corrected chi connectivity index (χ2v) is 4.37. The molecule has 0 aromatic heterocycles. The van der Waals surface area contributed by atoms with Gasteiger partial charge in [-0.1, -0.05) is 29.8 Å². The molecule has 1 aromatic rings. The fourth-order valence-corrected chi connectivity index (χ4v) is 1.60. The van der Waals surface area contributed by atoms with Gasteiger partial charge in [0.2, 0.25) is 0 Å². The number of carbonyl (C=O) groups excluding carboxylic acids is 1. The van der Waals surface area contributed by atoms with Crippen molar-refractivity contribution in [2.75, 3.05) is 13.7 Å². The zero-order valence-corrected chi connectivity index (χ0v) is 11.0. The van der Waals surface area contributed by atoms with Gasteiger partial charge in [-0.05, 0) is 12.5 Å². The van der Waals surface area contributed by atoms with Gasteiger partial charge >= 0.3 is 12.0 Å². The van der Waals surface area contributed by atoms with E-state index in [-0.39, 0.29) is 0 Å². The van der Waals surface area contributed by atoms with Crippen LogP contribution in [0, 0.1) is 6.92 Å².